The Bertz CT molecular complexity index is 214. The third kappa shape index (κ3) is 1.93. The van der Waals surface area contributed by atoms with Crippen molar-refractivity contribution in [3.8, 4) is 0 Å². The Morgan fingerprint density at radius 1 is 1.60 bits per heavy atom. The van der Waals surface area contributed by atoms with Crippen LogP contribution >= 0.6 is 15.9 Å². The maximum Gasteiger partial charge on any atom is 0.211 e. The molecule has 0 radical (unpaired) electrons. The number of rotatable bonds is 1. The van der Waals surface area contributed by atoms with Crippen LogP contribution < -0.4 is 0 Å². The molecule has 0 amide bonds. The second-order valence-electron chi connectivity index (χ2n) is 2.51. The van der Waals surface area contributed by atoms with Crippen molar-refractivity contribution in [2.24, 2.45) is 0 Å². The molecule has 1 aliphatic heterocycles. The first-order chi connectivity index (χ1) is 4.50. The number of sulfonamides is 1. The molecule has 0 N–H and O–H groups in total. The third-order valence-electron chi connectivity index (χ3n) is 1.56. The van der Waals surface area contributed by atoms with Crippen molar-refractivity contribution >= 4 is 26.0 Å². The lowest BCUT2D eigenvalue weighted by molar-refractivity contribution is 0.484. The Morgan fingerprint density at radius 2 is 2.20 bits per heavy atom. The van der Waals surface area contributed by atoms with Crippen LogP contribution in [-0.4, -0.2) is 36.9 Å². The molecular formula is C5H10BrNO2S. The zero-order valence-corrected chi connectivity index (χ0v) is 8.15. The summed E-state index contributed by atoms with van der Waals surface area (Å²) >= 11 is 3.36. The Morgan fingerprint density at radius 3 is 2.40 bits per heavy atom. The lowest BCUT2D eigenvalue weighted by Crippen LogP contribution is -2.27. The molecule has 0 saturated carbocycles. The predicted molar refractivity (Wildman–Crippen MR) is 43.7 cm³/mol. The van der Waals surface area contributed by atoms with E-state index in [2.05, 4.69) is 15.9 Å². The fourth-order valence-corrected chi connectivity index (χ4v) is 2.62. The number of hydrogen-bond donors (Lipinski definition) is 0. The molecule has 5 heteroatoms. The van der Waals surface area contributed by atoms with Gasteiger partial charge in [0.15, 0.2) is 0 Å². The first-order valence-electron chi connectivity index (χ1n) is 3.09. The van der Waals surface area contributed by atoms with Gasteiger partial charge in [-0.05, 0) is 6.42 Å². The summed E-state index contributed by atoms with van der Waals surface area (Å²) in [4.78, 5) is 0.349. The minimum absolute atomic E-state index is 0.349. The van der Waals surface area contributed by atoms with E-state index in [9.17, 15) is 8.42 Å². The zero-order chi connectivity index (χ0) is 7.78. The van der Waals surface area contributed by atoms with Gasteiger partial charge in [-0.3, -0.25) is 0 Å². The van der Waals surface area contributed by atoms with Gasteiger partial charge in [-0.15, -0.1) is 0 Å². The van der Waals surface area contributed by atoms with Crippen LogP contribution in [0.5, 0.6) is 0 Å². The molecule has 1 atom stereocenters. The molecular weight excluding hydrogens is 218 g/mol. The van der Waals surface area contributed by atoms with E-state index in [4.69, 9.17) is 0 Å². The Labute approximate surface area is 69.6 Å². The minimum atomic E-state index is -2.93. The van der Waals surface area contributed by atoms with Gasteiger partial charge in [0.05, 0.1) is 6.26 Å². The quantitative estimate of drug-likeness (QED) is 0.610. The van der Waals surface area contributed by atoms with Gasteiger partial charge in [0.2, 0.25) is 10.0 Å². The van der Waals surface area contributed by atoms with E-state index in [0.717, 1.165) is 6.42 Å². The molecule has 0 spiro atoms. The Balaban J connectivity index is 2.62. The van der Waals surface area contributed by atoms with E-state index < -0.39 is 10.0 Å². The van der Waals surface area contributed by atoms with Gasteiger partial charge in [-0.1, -0.05) is 15.9 Å². The molecule has 1 rings (SSSR count). The zero-order valence-electron chi connectivity index (χ0n) is 5.75. The van der Waals surface area contributed by atoms with E-state index in [-0.39, 0.29) is 0 Å². The summed E-state index contributed by atoms with van der Waals surface area (Å²) < 4.78 is 23.3. The summed E-state index contributed by atoms with van der Waals surface area (Å²) in [5.74, 6) is 0. The molecule has 0 bridgehead atoms. The van der Waals surface area contributed by atoms with Crippen LogP contribution in [0.25, 0.3) is 0 Å². The lowest BCUT2D eigenvalue weighted by Gasteiger charge is -2.10. The molecule has 3 nitrogen and oxygen atoms in total. The number of alkyl halides is 1. The van der Waals surface area contributed by atoms with Crippen LogP contribution in [0.15, 0.2) is 0 Å². The molecule has 0 unspecified atom stereocenters. The lowest BCUT2D eigenvalue weighted by atomic mass is 10.4. The van der Waals surface area contributed by atoms with E-state index in [1.54, 1.807) is 0 Å². The SMILES string of the molecule is CS(=O)(=O)N1CC[C@@H](Br)C1. The highest BCUT2D eigenvalue weighted by atomic mass is 79.9. The van der Waals surface area contributed by atoms with Gasteiger partial charge in [0, 0.05) is 17.9 Å². The van der Waals surface area contributed by atoms with Crippen LogP contribution in [0.2, 0.25) is 0 Å². The van der Waals surface area contributed by atoms with Gasteiger partial charge < -0.3 is 0 Å². The summed E-state index contributed by atoms with van der Waals surface area (Å²) in [6.07, 6.45) is 2.17. The third-order valence-corrected chi connectivity index (χ3v) is 3.58. The van der Waals surface area contributed by atoms with E-state index in [1.165, 1.54) is 10.6 Å². The number of nitrogens with zero attached hydrogens (tertiary/aromatic N) is 1. The van der Waals surface area contributed by atoms with Crippen molar-refractivity contribution in [3.63, 3.8) is 0 Å². The second kappa shape index (κ2) is 2.79. The molecule has 1 heterocycles. The second-order valence-corrected chi connectivity index (χ2v) is 5.78. The summed E-state index contributed by atoms with van der Waals surface area (Å²) in [5.41, 5.74) is 0. The molecule has 0 aliphatic carbocycles. The van der Waals surface area contributed by atoms with E-state index in [0.29, 0.717) is 17.9 Å². The van der Waals surface area contributed by atoms with Gasteiger partial charge in [-0.2, -0.15) is 0 Å². The molecule has 1 saturated heterocycles. The molecule has 10 heavy (non-hydrogen) atoms. The smallest absolute Gasteiger partial charge is 0.211 e. The first kappa shape index (κ1) is 8.49. The van der Waals surface area contributed by atoms with Crippen molar-refractivity contribution in [1.29, 1.82) is 0 Å². The minimum Gasteiger partial charge on any atom is -0.213 e. The van der Waals surface area contributed by atoms with Crippen LogP contribution in [0.1, 0.15) is 6.42 Å². The van der Waals surface area contributed by atoms with Crippen molar-refractivity contribution in [2.75, 3.05) is 19.3 Å². The van der Waals surface area contributed by atoms with Crippen molar-refractivity contribution in [2.45, 2.75) is 11.2 Å². The highest BCUT2D eigenvalue weighted by Crippen LogP contribution is 2.18. The molecule has 0 aromatic carbocycles. The first-order valence-corrected chi connectivity index (χ1v) is 5.86. The average Bonchev–Trinajstić information content (AvgIpc) is 2.11. The Kier molecular flexibility index (Phi) is 2.37. The monoisotopic (exact) mass is 227 g/mol. The van der Waals surface area contributed by atoms with Gasteiger partial charge in [0.1, 0.15) is 0 Å². The standard InChI is InChI=1S/C5H10BrNO2S/c1-10(8,9)7-3-2-5(6)4-7/h5H,2-4H2,1H3/t5-/m1/s1. The van der Waals surface area contributed by atoms with Crippen LogP contribution in [-0.2, 0) is 10.0 Å². The fraction of sp³-hybridized carbons (Fsp3) is 1.00. The van der Waals surface area contributed by atoms with Gasteiger partial charge in [-0.25, -0.2) is 12.7 Å². The number of halogens is 1. The number of hydrogen-bond acceptors (Lipinski definition) is 2. The normalized spacial score (nSPS) is 29.2. The predicted octanol–water partition coefficient (Wildman–Crippen LogP) is 0.415. The molecule has 0 aromatic heterocycles. The Hall–Kier alpha value is 0.390. The highest BCUT2D eigenvalue weighted by Gasteiger charge is 2.26. The van der Waals surface area contributed by atoms with Crippen LogP contribution in [0, 0.1) is 0 Å². The van der Waals surface area contributed by atoms with E-state index >= 15 is 0 Å². The maximum absolute atomic E-state index is 10.9. The average molecular weight is 228 g/mol. The summed E-state index contributed by atoms with van der Waals surface area (Å²) in [7, 11) is -2.93. The molecule has 0 aromatic rings. The van der Waals surface area contributed by atoms with Crippen molar-refractivity contribution in [3.05, 3.63) is 0 Å². The maximum atomic E-state index is 10.9. The summed E-state index contributed by atoms with van der Waals surface area (Å²) in [5, 5.41) is 0. The van der Waals surface area contributed by atoms with Crippen molar-refractivity contribution in [1.82, 2.24) is 4.31 Å². The fourth-order valence-electron chi connectivity index (χ4n) is 0.989. The van der Waals surface area contributed by atoms with Crippen molar-refractivity contribution < 1.29 is 8.42 Å². The summed E-state index contributed by atoms with van der Waals surface area (Å²) in [6, 6.07) is 0. The highest BCUT2D eigenvalue weighted by molar-refractivity contribution is 9.09. The van der Waals surface area contributed by atoms with Gasteiger partial charge in [0.25, 0.3) is 0 Å². The van der Waals surface area contributed by atoms with Crippen LogP contribution in [0.3, 0.4) is 0 Å². The molecule has 1 fully saturated rings. The molecule has 60 valence electrons. The molecule has 1 aliphatic rings. The van der Waals surface area contributed by atoms with Crippen LogP contribution in [0.4, 0.5) is 0 Å². The topological polar surface area (TPSA) is 37.4 Å². The largest absolute Gasteiger partial charge is 0.213 e. The van der Waals surface area contributed by atoms with E-state index in [1.807, 2.05) is 0 Å². The van der Waals surface area contributed by atoms with Gasteiger partial charge >= 0.3 is 0 Å². The summed E-state index contributed by atoms with van der Waals surface area (Å²) in [6.45, 7) is 1.29.